The number of aryl methyl sites for hydroxylation is 2. The Morgan fingerprint density at radius 1 is 1.44 bits per heavy atom. The Balaban J connectivity index is 2.85. The molecule has 0 spiro atoms. The van der Waals surface area contributed by atoms with Gasteiger partial charge in [-0.25, -0.2) is 0 Å². The van der Waals surface area contributed by atoms with Crippen molar-refractivity contribution >= 4 is 0 Å². The topological polar surface area (TPSA) is 41.3 Å². The Hall–Kier alpha value is -0.870. The highest BCUT2D eigenvalue weighted by molar-refractivity contribution is 5.12. The molecule has 1 aromatic rings. The fourth-order valence-electron chi connectivity index (χ4n) is 2.20. The van der Waals surface area contributed by atoms with Crippen LogP contribution >= 0.6 is 0 Å². The molecule has 1 aromatic heterocycles. The minimum absolute atomic E-state index is 0.198. The highest BCUT2D eigenvalue weighted by Gasteiger charge is 2.33. The second kappa shape index (κ2) is 5.85. The number of aliphatic hydroxyl groups excluding tert-OH is 1. The Bertz CT molecular complexity index is 386. The summed E-state index contributed by atoms with van der Waals surface area (Å²) >= 11 is 0. The first-order valence-electron chi connectivity index (χ1n) is 6.72. The van der Waals surface area contributed by atoms with Crippen molar-refractivity contribution in [2.75, 3.05) is 14.1 Å². The molecule has 0 bridgehead atoms. The van der Waals surface area contributed by atoms with E-state index in [4.69, 9.17) is 0 Å². The van der Waals surface area contributed by atoms with Crippen molar-refractivity contribution in [3.8, 4) is 0 Å². The molecule has 0 aromatic carbocycles. The third-order valence-electron chi connectivity index (χ3n) is 4.25. The van der Waals surface area contributed by atoms with E-state index in [1.54, 1.807) is 0 Å². The lowest BCUT2D eigenvalue weighted by Gasteiger charge is -2.40. The lowest BCUT2D eigenvalue weighted by molar-refractivity contribution is 0.00200. The summed E-state index contributed by atoms with van der Waals surface area (Å²) in [5, 5.41) is 14.9. The van der Waals surface area contributed by atoms with Gasteiger partial charge in [-0.3, -0.25) is 4.68 Å². The first-order chi connectivity index (χ1) is 8.35. The van der Waals surface area contributed by atoms with Crippen LogP contribution in [0.3, 0.4) is 0 Å². The summed E-state index contributed by atoms with van der Waals surface area (Å²) < 4.78 is 1.88. The van der Waals surface area contributed by atoms with Crippen molar-refractivity contribution in [1.29, 1.82) is 0 Å². The van der Waals surface area contributed by atoms with Crippen molar-refractivity contribution in [1.82, 2.24) is 14.7 Å². The van der Waals surface area contributed by atoms with Gasteiger partial charge in [0, 0.05) is 24.7 Å². The van der Waals surface area contributed by atoms with Crippen LogP contribution in [0.25, 0.3) is 0 Å². The molecule has 1 heterocycles. The van der Waals surface area contributed by atoms with E-state index in [1.807, 2.05) is 25.8 Å². The standard InChI is InChI=1S/C14H27N3O/c1-7-11-9-12(17(6)15-11)10-13(18)14(3,8-2)16(4)5/h9,13,18H,7-8,10H2,1-6H3. The average molecular weight is 253 g/mol. The fraction of sp³-hybridized carbons (Fsp3) is 0.786. The van der Waals surface area contributed by atoms with Crippen molar-refractivity contribution < 1.29 is 5.11 Å². The van der Waals surface area contributed by atoms with E-state index in [0.29, 0.717) is 6.42 Å². The molecular weight excluding hydrogens is 226 g/mol. The summed E-state index contributed by atoms with van der Waals surface area (Å²) in [4.78, 5) is 2.11. The van der Waals surface area contributed by atoms with Gasteiger partial charge in [0.05, 0.1) is 11.8 Å². The lowest BCUT2D eigenvalue weighted by Crippen LogP contribution is -2.51. The van der Waals surface area contributed by atoms with Gasteiger partial charge in [0.25, 0.3) is 0 Å². The first-order valence-corrected chi connectivity index (χ1v) is 6.72. The molecule has 0 aliphatic carbocycles. The maximum Gasteiger partial charge on any atom is 0.0775 e. The van der Waals surface area contributed by atoms with Gasteiger partial charge in [-0.1, -0.05) is 13.8 Å². The molecule has 2 atom stereocenters. The SMILES string of the molecule is CCc1cc(CC(O)C(C)(CC)N(C)C)n(C)n1. The Labute approximate surface area is 111 Å². The number of hydrogen-bond acceptors (Lipinski definition) is 3. The molecule has 4 nitrogen and oxygen atoms in total. The molecule has 104 valence electrons. The van der Waals surface area contributed by atoms with Crippen LogP contribution < -0.4 is 0 Å². The molecule has 18 heavy (non-hydrogen) atoms. The zero-order chi connectivity index (χ0) is 13.9. The highest BCUT2D eigenvalue weighted by Crippen LogP contribution is 2.24. The lowest BCUT2D eigenvalue weighted by atomic mass is 9.87. The van der Waals surface area contributed by atoms with E-state index in [2.05, 4.69) is 36.8 Å². The zero-order valence-corrected chi connectivity index (χ0v) is 12.6. The van der Waals surface area contributed by atoms with E-state index in [0.717, 1.165) is 24.2 Å². The van der Waals surface area contributed by atoms with Gasteiger partial charge >= 0.3 is 0 Å². The van der Waals surface area contributed by atoms with E-state index in [-0.39, 0.29) is 5.54 Å². The summed E-state index contributed by atoms with van der Waals surface area (Å²) in [6, 6.07) is 2.09. The van der Waals surface area contributed by atoms with E-state index in [9.17, 15) is 5.11 Å². The van der Waals surface area contributed by atoms with Gasteiger partial charge < -0.3 is 10.0 Å². The molecule has 0 fully saturated rings. The minimum Gasteiger partial charge on any atom is -0.391 e. The van der Waals surface area contributed by atoms with Gasteiger partial charge in [0.15, 0.2) is 0 Å². The summed E-state index contributed by atoms with van der Waals surface area (Å²) in [5.41, 5.74) is 1.99. The first kappa shape index (κ1) is 15.2. The van der Waals surface area contributed by atoms with Gasteiger partial charge in [-0.15, -0.1) is 0 Å². The van der Waals surface area contributed by atoms with Crippen LogP contribution in [0, 0.1) is 0 Å². The Kier molecular flexibility index (Phi) is 4.93. The molecule has 0 saturated heterocycles. The number of likely N-dealkylation sites (N-methyl/N-ethyl adjacent to an activating group) is 1. The van der Waals surface area contributed by atoms with Crippen molar-refractivity contribution in [2.45, 2.75) is 51.7 Å². The van der Waals surface area contributed by atoms with E-state index in [1.165, 1.54) is 0 Å². The van der Waals surface area contributed by atoms with Crippen LogP contribution in [0.2, 0.25) is 0 Å². The number of aliphatic hydroxyl groups is 1. The summed E-state index contributed by atoms with van der Waals surface area (Å²) in [6.45, 7) is 6.32. The highest BCUT2D eigenvalue weighted by atomic mass is 16.3. The molecule has 2 unspecified atom stereocenters. The van der Waals surface area contributed by atoms with Crippen LogP contribution in [-0.4, -0.2) is 45.5 Å². The van der Waals surface area contributed by atoms with Gasteiger partial charge in [-0.05, 0) is 39.9 Å². The van der Waals surface area contributed by atoms with Crippen LogP contribution in [0.5, 0.6) is 0 Å². The summed E-state index contributed by atoms with van der Waals surface area (Å²) in [5.74, 6) is 0. The van der Waals surface area contributed by atoms with Crippen LogP contribution in [0.15, 0.2) is 6.07 Å². The quantitative estimate of drug-likeness (QED) is 0.837. The fourth-order valence-corrected chi connectivity index (χ4v) is 2.20. The normalized spacial score (nSPS) is 16.9. The second-order valence-corrected chi connectivity index (χ2v) is 5.43. The number of nitrogens with zero attached hydrogens (tertiary/aromatic N) is 3. The molecular formula is C14H27N3O. The van der Waals surface area contributed by atoms with E-state index < -0.39 is 6.10 Å². The van der Waals surface area contributed by atoms with E-state index >= 15 is 0 Å². The minimum atomic E-state index is -0.391. The maximum absolute atomic E-state index is 10.5. The largest absolute Gasteiger partial charge is 0.391 e. The molecule has 0 aliphatic rings. The molecule has 1 N–H and O–H groups in total. The van der Waals surface area contributed by atoms with Gasteiger partial charge in [-0.2, -0.15) is 5.10 Å². The van der Waals surface area contributed by atoms with Crippen molar-refractivity contribution in [3.63, 3.8) is 0 Å². The average Bonchev–Trinajstić information content (AvgIpc) is 2.68. The molecule has 0 amide bonds. The van der Waals surface area contributed by atoms with Crippen molar-refractivity contribution in [3.05, 3.63) is 17.5 Å². The summed E-state index contributed by atoms with van der Waals surface area (Å²) in [7, 11) is 5.99. The Morgan fingerprint density at radius 3 is 2.44 bits per heavy atom. The molecule has 0 aliphatic heterocycles. The number of rotatable bonds is 6. The predicted octanol–water partition coefficient (Wildman–Crippen LogP) is 1.62. The maximum atomic E-state index is 10.5. The smallest absolute Gasteiger partial charge is 0.0775 e. The van der Waals surface area contributed by atoms with Crippen molar-refractivity contribution in [2.24, 2.45) is 7.05 Å². The van der Waals surface area contributed by atoms with Crippen LogP contribution in [-0.2, 0) is 19.9 Å². The molecule has 0 radical (unpaired) electrons. The van der Waals surface area contributed by atoms with Gasteiger partial charge in [0.1, 0.15) is 0 Å². The molecule has 4 heteroatoms. The van der Waals surface area contributed by atoms with Crippen LogP contribution in [0.1, 0.15) is 38.6 Å². The number of hydrogen-bond donors (Lipinski definition) is 1. The predicted molar refractivity (Wildman–Crippen MR) is 74.7 cm³/mol. The van der Waals surface area contributed by atoms with Gasteiger partial charge in [0.2, 0.25) is 0 Å². The number of aromatic nitrogens is 2. The van der Waals surface area contributed by atoms with Crippen LogP contribution in [0.4, 0.5) is 0 Å². The third kappa shape index (κ3) is 2.93. The second-order valence-electron chi connectivity index (χ2n) is 5.43. The molecule has 0 saturated carbocycles. The summed E-state index contributed by atoms with van der Waals surface area (Å²) in [6.07, 6.45) is 2.10. The zero-order valence-electron chi connectivity index (χ0n) is 12.6. The Morgan fingerprint density at radius 2 is 2.06 bits per heavy atom. The monoisotopic (exact) mass is 253 g/mol. The third-order valence-corrected chi connectivity index (χ3v) is 4.25. The molecule has 1 rings (SSSR count).